The van der Waals surface area contributed by atoms with Crippen molar-refractivity contribution in [2.24, 2.45) is 5.73 Å². The number of nitrogens with zero attached hydrogens (tertiary/aromatic N) is 2. The molecule has 2 rings (SSSR count). The zero-order valence-electron chi connectivity index (χ0n) is 10.2. The predicted molar refractivity (Wildman–Crippen MR) is 71.1 cm³/mol. The van der Waals surface area contributed by atoms with E-state index in [4.69, 9.17) is 17.3 Å². The second-order valence-corrected chi connectivity index (χ2v) is 5.19. The van der Waals surface area contributed by atoms with E-state index in [0.29, 0.717) is 6.07 Å². The molecule has 0 unspecified atom stereocenters. The number of amides is 1. The van der Waals surface area contributed by atoms with E-state index in [1.165, 1.54) is 12.3 Å². The van der Waals surface area contributed by atoms with Gasteiger partial charge in [-0.05, 0) is 36.0 Å². The van der Waals surface area contributed by atoms with E-state index in [1.807, 2.05) is 0 Å². The van der Waals surface area contributed by atoms with Crippen LogP contribution in [0.3, 0.4) is 0 Å². The van der Waals surface area contributed by atoms with Crippen LogP contribution in [0.2, 0.25) is 5.02 Å². The third-order valence-corrected chi connectivity index (χ3v) is 3.77. The van der Waals surface area contributed by atoms with E-state index in [0.717, 1.165) is 17.8 Å². The van der Waals surface area contributed by atoms with Crippen LogP contribution >= 0.6 is 23.4 Å². The molecule has 110 valence electrons. The third-order valence-electron chi connectivity index (χ3n) is 2.33. The highest BCUT2D eigenvalue weighted by Gasteiger charge is 2.33. The third kappa shape index (κ3) is 3.64. The number of halogens is 4. The number of carbonyl (C=O) groups excluding carboxylic acids is 1. The van der Waals surface area contributed by atoms with Gasteiger partial charge in [0, 0.05) is 6.20 Å². The number of hydrogen-bond acceptors (Lipinski definition) is 4. The Morgan fingerprint density at radius 3 is 2.52 bits per heavy atom. The first-order valence-electron chi connectivity index (χ1n) is 5.45. The van der Waals surface area contributed by atoms with Gasteiger partial charge < -0.3 is 5.73 Å². The maximum Gasteiger partial charge on any atom is 0.433 e. The zero-order chi connectivity index (χ0) is 15.6. The van der Waals surface area contributed by atoms with Gasteiger partial charge in [0.25, 0.3) is 5.91 Å². The van der Waals surface area contributed by atoms with E-state index in [1.54, 1.807) is 6.07 Å². The molecule has 2 heterocycles. The van der Waals surface area contributed by atoms with E-state index in [2.05, 4.69) is 9.97 Å². The maximum atomic E-state index is 12.7. The SMILES string of the molecule is NC(=O)c1ccc(C(F)(F)F)nc1Sc1ncccc1Cl. The molecule has 4 nitrogen and oxygen atoms in total. The molecule has 0 spiro atoms. The van der Waals surface area contributed by atoms with Gasteiger partial charge in [0.1, 0.15) is 15.7 Å². The molecule has 9 heteroatoms. The highest BCUT2D eigenvalue weighted by Crippen LogP contribution is 2.35. The first kappa shape index (κ1) is 15.6. The number of pyridine rings is 2. The summed E-state index contributed by atoms with van der Waals surface area (Å²) < 4.78 is 38.1. The lowest BCUT2D eigenvalue weighted by atomic mass is 10.2. The first-order chi connectivity index (χ1) is 9.79. The fourth-order valence-corrected chi connectivity index (χ4v) is 2.52. The minimum atomic E-state index is -4.63. The monoisotopic (exact) mass is 333 g/mol. The van der Waals surface area contributed by atoms with Crippen LogP contribution in [0.15, 0.2) is 40.5 Å². The number of alkyl halides is 3. The molecule has 1 amide bonds. The van der Waals surface area contributed by atoms with Gasteiger partial charge in [0.05, 0.1) is 10.6 Å². The van der Waals surface area contributed by atoms with E-state index < -0.39 is 17.8 Å². The number of hydrogen-bond donors (Lipinski definition) is 1. The molecule has 0 aliphatic carbocycles. The number of carbonyl (C=O) groups is 1. The van der Waals surface area contributed by atoms with Crippen LogP contribution in [0.5, 0.6) is 0 Å². The van der Waals surface area contributed by atoms with Crippen molar-refractivity contribution in [3.63, 3.8) is 0 Å². The van der Waals surface area contributed by atoms with Crippen molar-refractivity contribution in [2.75, 3.05) is 0 Å². The molecule has 0 fully saturated rings. The molecular formula is C12H7ClF3N3OS. The summed E-state index contributed by atoms with van der Waals surface area (Å²) in [6.45, 7) is 0. The van der Waals surface area contributed by atoms with E-state index >= 15 is 0 Å². The number of nitrogens with two attached hydrogens (primary N) is 1. The molecular weight excluding hydrogens is 327 g/mol. The Balaban J connectivity index is 2.49. The van der Waals surface area contributed by atoms with Gasteiger partial charge >= 0.3 is 6.18 Å². The average molecular weight is 334 g/mol. The van der Waals surface area contributed by atoms with Crippen molar-refractivity contribution in [1.82, 2.24) is 9.97 Å². The van der Waals surface area contributed by atoms with Crippen molar-refractivity contribution in [1.29, 1.82) is 0 Å². The van der Waals surface area contributed by atoms with Gasteiger partial charge in [-0.25, -0.2) is 9.97 Å². The molecule has 0 radical (unpaired) electrons. The minimum absolute atomic E-state index is 0.130. The Bertz CT molecular complexity index is 694. The fourth-order valence-electron chi connectivity index (χ4n) is 1.40. The molecule has 0 atom stereocenters. The Hall–Kier alpha value is -1.80. The van der Waals surface area contributed by atoms with Crippen LogP contribution in [0, 0.1) is 0 Å². The van der Waals surface area contributed by atoms with Gasteiger partial charge in [-0.2, -0.15) is 13.2 Å². The van der Waals surface area contributed by atoms with Gasteiger partial charge in [-0.1, -0.05) is 11.6 Å². The molecule has 0 saturated carbocycles. The lowest BCUT2D eigenvalue weighted by Gasteiger charge is -2.10. The topological polar surface area (TPSA) is 68.9 Å². The van der Waals surface area contributed by atoms with Crippen LogP contribution in [0.4, 0.5) is 13.2 Å². The van der Waals surface area contributed by atoms with Gasteiger partial charge in [-0.15, -0.1) is 0 Å². The van der Waals surface area contributed by atoms with Crippen molar-refractivity contribution in [3.8, 4) is 0 Å². The van der Waals surface area contributed by atoms with Crippen LogP contribution in [-0.4, -0.2) is 15.9 Å². The summed E-state index contributed by atoms with van der Waals surface area (Å²) in [7, 11) is 0. The van der Waals surface area contributed by atoms with Gasteiger partial charge in [0.15, 0.2) is 0 Å². The highest BCUT2D eigenvalue weighted by molar-refractivity contribution is 7.99. The maximum absolute atomic E-state index is 12.7. The smallest absolute Gasteiger partial charge is 0.366 e. The fraction of sp³-hybridized carbons (Fsp3) is 0.0833. The second kappa shape index (κ2) is 5.90. The lowest BCUT2D eigenvalue weighted by Crippen LogP contribution is -2.16. The number of primary amides is 1. The molecule has 0 aliphatic rings. The second-order valence-electron chi connectivity index (χ2n) is 3.80. The van der Waals surface area contributed by atoms with Gasteiger partial charge in [-0.3, -0.25) is 4.79 Å². The summed E-state index contributed by atoms with van der Waals surface area (Å²) >= 11 is 6.63. The molecule has 0 aliphatic heterocycles. The van der Waals surface area contributed by atoms with Crippen molar-refractivity contribution in [2.45, 2.75) is 16.2 Å². The van der Waals surface area contributed by atoms with Crippen LogP contribution < -0.4 is 5.73 Å². The molecule has 2 aromatic rings. The first-order valence-corrected chi connectivity index (χ1v) is 6.65. The summed E-state index contributed by atoms with van der Waals surface area (Å²) in [5, 5.41) is 0.267. The van der Waals surface area contributed by atoms with E-state index in [9.17, 15) is 18.0 Å². The predicted octanol–water partition coefficient (Wildman–Crippen LogP) is 3.40. The Kier molecular flexibility index (Phi) is 4.38. The lowest BCUT2D eigenvalue weighted by molar-refractivity contribution is -0.141. The van der Waals surface area contributed by atoms with Crippen LogP contribution in [-0.2, 0) is 6.18 Å². The van der Waals surface area contributed by atoms with Gasteiger partial charge in [0.2, 0.25) is 0 Å². The zero-order valence-corrected chi connectivity index (χ0v) is 11.8. The van der Waals surface area contributed by atoms with E-state index in [-0.39, 0.29) is 20.6 Å². The standard InChI is InChI=1S/C12H7ClF3N3OS/c13-7-2-1-5-18-11(7)21-10-6(9(17)20)3-4-8(19-10)12(14,15)16/h1-5H,(H2,17,20). The number of rotatable bonds is 3. The van der Waals surface area contributed by atoms with Crippen LogP contribution in [0.25, 0.3) is 0 Å². The summed E-state index contributed by atoms with van der Waals surface area (Å²) in [5.41, 5.74) is 3.89. The minimum Gasteiger partial charge on any atom is -0.366 e. The van der Waals surface area contributed by atoms with Crippen molar-refractivity contribution < 1.29 is 18.0 Å². The number of aromatic nitrogens is 2. The summed E-state index contributed by atoms with van der Waals surface area (Å²) in [6.07, 6.45) is -3.20. The Morgan fingerprint density at radius 2 is 1.95 bits per heavy atom. The largest absolute Gasteiger partial charge is 0.433 e. The Labute approximate surface area is 126 Å². The summed E-state index contributed by atoms with van der Waals surface area (Å²) in [6, 6.07) is 4.77. The van der Waals surface area contributed by atoms with Crippen molar-refractivity contribution in [3.05, 3.63) is 46.7 Å². The summed E-state index contributed by atoms with van der Waals surface area (Å²) in [4.78, 5) is 18.7. The quantitative estimate of drug-likeness (QED) is 0.934. The summed E-state index contributed by atoms with van der Waals surface area (Å²) in [5.74, 6) is -0.884. The normalized spacial score (nSPS) is 11.4. The molecule has 0 aromatic carbocycles. The molecule has 2 aromatic heterocycles. The Morgan fingerprint density at radius 1 is 1.24 bits per heavy atom. The molecule has 0 bridgehead atoms. The molecule has 0 saturated heterocycles. The molecule has 21 heavy (non-hydrogen) atoms. The van der Waals surface area contributed by atoms with Crippen molar-refractivity contribution >= 4 is 29.3 Å². The molecule has 2 N–H and O–H groups in total. The van der Waals surface area contributed by atoms with Crippen LogP contribution in [0.1, 0.15) is 16.1 Å². The average Bonchev–Trinajstić information content (AvgIpc) is 2.40. The highest BCUT2D eigenvalue weighted by atomic mass is 35.5.